The Bertz CT molecular complexity index is 1860. The average Bonchev–Trinajstić information content (AvgIpc) is 2.97. The van der Waals surface area contributed by atoms with E-state index in [1.54, 1.807) is 42.6 Å². The topological polar surface area (TPSA) is 65.7 Å². The van der Waals surface area contributed by atoms with E-state index < -0.39 is 0 Å². The summed E-state index contributed by atoms with van der Waals surface area (Å²) in [5, 5.41) is 5.43. The van der Waals surface area contributed by atoms with Crippen molar-refractivity contribution >= 4 is 44.6 Å². The molecule has 0 aliphatic carbocycles. The third-order valence-corrected chi connectivity index (χ3v) is 7.78. The molecule has 0 fully saturated rings. The van der Waals surface area contributed by atoms with E-state index in [0.29, 0.717) is 44.1 Å². The molecule has 0 spiro atoms. The van der Waals surface area contributed by atoms with Gasteiger partial charge in [-0.1, -0.05) is 49.7 Å². The summed E-state index contributed by atoms with van der Waals surface area (Å²) in [4.78, 5) is 18.7. The van der Waals surface area contributed by atoms with Crippen LogP contribution in [0.2, 0.25) is 5.02 Å². The number of hydrogen-bond donors (Lipinski definition) is 0. The normalized spacial score (nSPS) is 11.5. The molecule has 6 nitrogen and oxygen atoms in total. The molecule has 5 aromatic rings. The number of rotatable bonds is 9. The lowest BCUT2D eigenvalue weighted by molar-refractivity contribution is 0.304. The van der Waals surface area contributed by atoms with Crippen molar-refractivity contribution in [3.8, 4) is 22.9 Å². The lowest BCUT2D eigenvalue weighted by Gasteiger charge is -2.18. The summed E-state index contributed by atoms with van der Waals surface area (Å²) >= 11 is 10.1. The van der Waals surface area contributed by atoms with Crippen LogP contribution in [-0.2, 0) is 6.61 Å². The summed E-state index contributed by atoms with van der Waals surface area (Å²) in [7, 11) is 0. The van der Waals surface area contributed by atoms with Gasteiger partial charge < -0.3 is 9.47 Å². The Hall–Kier alpha value is -4.01. The minimum absolute atomic E-state index is 0.188. The van der Waals surface area contributed by atoms with Crippen molar-refractivity contribution in [2.75, 3.05) is 6.61 Å². The number of hydrogen-bond acceptors (Lipinski definition) is 5. The first-order chi connectivity index (χ1) is 20.7. The standard InChI is InChI=1S/C34H30BrClFN3O3/c1-5-42-31-14-21(4)27(17-26(31)20(2)3)33-39-30-9-7-6-8-25(30)34(41)40(33)38-18-23-15-28(35)32(29(36)16-23)43-19-22-10-12-24(37)13-11-22/h6-18,20H,5,19H2,1-4H3. The Labute approximate surface area is 262 Å². The van der Waals surface area contributed by atoms with E-state index in [9.17, 15) is 9.18 Å². The van der Waals surface area contributed by atoms with Crippen LogP contribution in [0.1, 0.15) is 48.9 Å². The maximum atomic E-state index is 13.8. The molecule has 1 aromatic heterocycles. The van der Waals surface area contributed by atoms with Gasteiger partial charge in [0, 0.05) is 5.56 Å². The molecule has 1 heterocycles. The third-order valence-electron chi connectivity index (χ3n) is 6.91. The van der Waals surface area contributed by atoms with Crippen LogP contribution in [0.25, 0.3) is 22.3 Å². The molecule has 0 amide bonds. The van der Waals surface area contributed by atoms with E-state index >= 15 is 0 Å². The molecule has 4 aromatic carbocycles. The Kier molecular flexibility index (Phi) is 9.28. The quantitative estimate of drug-likeness (QED) is 0.148. The van der Waals surface area contributed by atoms with Crippen LogP contribution in [-0.4, -0.2) is 22.5 Å². The molecule has 0 unspecified atom stereocenters. The molecule has 43 heavy (non-hydrogen) atoms. The van der Waals surface area contributed by atoms with Gasteiger partial charge in [-0.05, 0) is 106 Å². The summed E-state index contributed by atoms with van der Waals surface area (Å²) < 4.78 is 27.0. The van der Waals surface area contributed by atoms with E-state index in [1.807, 2.05) is 38.1 Å². The number of aryl methyl sites for hydroxylation is 1. The lowest BCUT2D eigenvalue weighted by atomic mass is 9.96. The van der Waals surface area contributed by atoms with Crippen molar-refractivity contribution in [1.82, 2.24) is 9.66 Å². The molecule has 0 bridgehead atoms. The maximum Gasteiger partial charge on any atom is 0.282 e. The molecule has 0 N–H and O–H groups in total. The molecular weight excluding hydrogens is 633 g/mol. The molecule has 0 radical (unpaired) electrons. The second-order valence-corrected chi connectivity index (χ2v) is 11.6. The summed E-state index contributed by atoms with van der Waals surface area (Å²) in [6, 6.07) is 20.8. The molecule has 0 aliphatic heterocycles. The van der Waals surface area contributed by atoms with Gasteiger partial charge in [-0.2, -0.15) is 9.78 Å². The van der Waals surface area contributed by atoms with Crippen LogP contribution in [0.4, 0.5) is 4.39 Å². The third kappa shape index (κ3) is 6.65. The average molecular weight is 663 g/mol. The van der Waals surface area contributed by atoms with Crippen LogP contribution in [0.3, 0.4) is 0 Å². The first kappa shape index (κ1) is 30.4. The van der Waals surface area contributed by atoms with Crippen LogP contribution < -0.4 is 15.0 Å². The Balaban J connectivity index is 1.56. The van der Waals surface area contributed by atoms with Crippen LogP contribution in [0.15, 0.2) is 87.2 Å². The van der Waals surface area contributed by atoms with Gasteiger partial charge in [-0.15, -0.1) is 0 Å². The minimum atomic E-state index is -0.312. The van der Waals surface area contributed by atoms with Crippen molar-refractivity contribution in [3.63, 3.8) is 0 Å². The number of aromatic nitrogens is 2. The first-order valence-electron chi connectivity index (χ1n) is 13.9. The zero-order chi connectivity index (χ0) is 30.7. The summed E-state index contributed by atoms with van der Waals surface area (Å²) in [5.41, 5.74) is 4.46. The zero-order valence-corrected chi connectivity index (χ0v) is 26.5. The van der Waals surface area contributed by atoms with E-state index in [-0.39, 0.29) is 23.9 Å². The number of nitrogens with zero attached hydrogens (tertiary/aromatic N) is 3. The van der Waals surface area contributed by atoms with Gasteiger partial charge in [0.25, 0.3) is 5.56 Å². The Morgan fingerprint density at radius 2 is 1.81 bits per heavy atom. The van der Waals surface area contributed by atoms with Crippen molar-refractivity contribution in [3.05, 3.63) is 121 Å². The molecule has 0 saturated heterocycles. The highest BCUT2D eigenvalue weighted by molar-refractivity contribution is 9.10. The van der Waals surface area contributed by atoms with E-state index in [4.69, 9.17) is 26.1 Å². The number of benzene rings is 4. The van der Waals surface area contributed by atoms with Crippen molar-refractivity contribution in [2.45, 2.75) is 40.2 Å². The SMILES string of the molecule is CCOc1cc(C)c(-c2nc3ccccc3c(=O)n2N=Cc2cc(Cl)c(OCc3ccc(F)cc3)c(Br)c2)cc1C(C)C. The highest BCUT2D eigenvalue weighted by Crippen LogP contribution is 2.36. The van der Waals surface area contributed by atoms with Crippen molar-refractivity contribution in [1.29, 1.82) is 0 Å². The molecule has 5 rings (SSSR count). The zero-order valence-electron chi connectivity index (χ0n) is 24.2. The molecular formula is C34H30BrClFN3O3. The molecule has 0 saturated carbocycles. The monoisotopic (exact) mass is 661 g/mol. The van der Waals surface area contributed by atoms with Gasteiger partial charge >= 0.3 is 0 Å². The van der Waals surface area contributed by atoms with Gasteiger partial charge in [0.2, 0.25) is 0 Å². The summed E-state index contributed by atoms with van der Waals surface area (Å²) in [6.45, 7) is 8.90. The van der Waals surface area contributed by atoms with Gasteiger partial charge in [0.15, 0.2) is 11.6 Å². The minimum Gasteiger partial charge on any atom is -0.494 e. The largest absolute Gasteiger partial charge is 0.494 e. The van der Waals surface area contributed by atoms with Gasteiger partial charge in [-0.3, -0.25) is 4.79 Å². The second kappa shape index (κ2) is 13.1. The Morgan fingerprint density at radius 3 is 2.51 bits per heavy atom. The highest BCUT2D eigenvalue weighted by atomic mass is 79.9. The number of ether oxygens (including phenoxy) is 2. The first-order valence-corrected chi connectivity index (χ1v) is 15.0. The van der Waals surface area contributed by atoms with Crippen LogP contribution in [0, 0.1) is 12.7 Å². The fourth-order valence-electron chi connectivity index (χ4n) is 4.73. The Morgan fingerprint density at radius 1 is 1.07 bits per heavy atom. The van der Waals surface area contributed by atoms with Gasteiger partial charge in [0.1, 0.15) is 18.2 Å². The number of para-hydroxylation sites is 1. The summed E-state index contributed by atoms with van der Waals surface area (Å²) in [5.74, 6) is 1.56. The van der Waals surface area contributed by atoms with Crippen LogP contribution in [0.5, 0.6) is 11.5 Å². The fourth-order valence-corrected chi connectivity index (χ4v) is 5.72. The smallest absolute Gasteiger partial charge is 0.282 e. The van der Waals surface area contributed by atoms with E-state index in [2.05, 4.69) is 34.9 Å². The van der Waals surface area contributed by atoms with Crippen LogP contribution >= 0.6 is 27.5 Å². The van der Waals surface area contributed by atoms with E-state index in [0.717, 1.165) is 28.0 Å². The van der Waals surface area contributed by atoms with Gasteiger partial charge in [-0.25, -0.2) is 9.37 Å². The molecule has 0 atom stereocenters. The van der Waals surface area contributed by atoms with E-state index in [1.165, 1.54) is 16.8 Å². The number of fused-ring (bicyclic) bond motifs is 1. The van der Waals surface area contributed by atoms with Crippen molar-refractivity contribution < 1.29 is 13.9 Å². The van der Waals surface area contributed by atoms with Crippen molar-refractivity contribution in [2.24, 2.45) is 5.10 Å². The van der Waals surface area contributed by atoms with Gasteiger partial charge in [0.05, 0.1) is 33.2 Å². The second-order valence-electron chi connectivity index (χ2n) is 10.3. The fraction of sp³-hybridized carbons (Fsp3) is 0.206. The number of halogens is 3. The summed E-state index contributed by atoms with van der Waals surface area (Å²) in [6.07, 6.45) is 1.56. The molecule has 0 aliphatic rings. The molecule has 9 heteroatoms. The lowest BCUT2D eigenvalue weighted by Crippen LogP contribution is -2.21. The maximum absolute atomic E-state index is 13.8. The predicted molar refractivity (Wildman–Crippen MR) is 174 cm³/mol. The highest BCUT2D eigenvalue weighted by Gasteiger charge is 2.19. The molecule has 220 valence electrons. The predicted octanol–water partition coefficient (Wildman–Crippen LogP) is 8.91.